The lowest BCUT2D eigenvalue weighted by Gasteiger charge is -2.21. The molecule has 2 N–H and O–H groups in total. The van der Waals surface area contributed by atoms with Crippen molar-refractivity contribution < 1.29 is 4.74 Å². The highest BCUT2D eigenvalue weighted by Gasteiger charge is 2.20. The van der Waals surface area contributed by atoms with Crippen LogP contribution in [0, 0.1) is 0 Å². The van der Waals surface area contributed by atoms with Crippen molar-refractivity contribution >= 4 is 5.96 Å². The Kier molecular flexibility index (Phi) is 6.34. The number of guanidine groups is 1. The predicted octanol–water partition coefficient (Wildman–Crippen LogP) is 1.32. The Morgan fingerprint density at radius 2 is 2.14 bits per heavy atom. The van der Waals surface area contributed by atoms with Gasteiger partial charge >= 0.3 is 0 Å². The van der Waals surface area contributed by atoms with Crippen molar-refractivity contribution in [2.45, 2.75) is 18.9 Å². The van der Waals surface area contributed by atoms with Crippen LogP contribution in [0.3, 0.4) is 0 Å². The molecule has 1 unspecified atom stereocenters. The van der Waals surface area contributed by atoms with Crippen LogP contribution in [0.4, 0.5) is 0 Å². The molecule has 1 aliphatic rings. The zero-order chi connectivity index (χ0) is 14.9. The molecule has 0 saturated carbocycles. The number of likely N-dealkylation sites (N-methyl/N-ethyl adjacent to an activating group) is 1. The number of ether oxygens (including phenoxy) is 1. The summed E-state index contributed by atoms with van der Waals surface area (Å²) >= 11 is 0. The van der Waals surface area contributed by atoms with E-state index in [-0.39, 0.29) is 0 Å². The Morgan fingerprint density at radius 3 is 2.81 bits per heavy atom. The van der Waals surface area contributed by atoms with Crippen LogP contribution in [0.15, 0.2) is 35.3 Å². The fourth-order valence-electron chi connectivity index (χ4n) is 2.53. The SMILES string of the molecule is CN=C(NCCOc1ccccc1)NCC1CCCN1C. The van der Waals surface area contributed by atoms with E-state index in [9.17, 15) is 0 Å². The van der Waals surface area contributed by atoms with Crippen LogP contribution in [0.1, 0.15) is 12.8 Å². The van der Waals surface area contributed by atoms with Crippen molar-refractivity contribution in [3.63, 3.8) is 0 Å². The predicted molar refractivity (Wildman–Crippen MR) is 87.0 cm³/mol. The Balaban J connectivity index is 1.61. The molecule has 5 nitrogen and oxygen atoms in total. The molecule has 0 amide bonds. The molecule has 0 aliphatic carbocycles. The number of nitrogens with zero attached hydrogens (tertiary/aromatic N) is 2. The van der Waals surface area contributed by atoms with Crippen molar-refractivity contribution in [2.75, 3.05) is 40.3 Å². The van der Waals surface area contributed by atoms with Gasteiger partial charge in [0, 0.05) is 19.6 Å². The van der Waals surface area contributed by atoms with Gasteiger partial charge in [0.25, 0.3) is 0 Å². The van der Waals surface area contributed by atoms with Crippen LogP contribution >= 0.6 is 0 Å². The molecule has 0 bridgehead atoms. The largest absolute Gasteiger partial charge is 0.492 e. The summed E-state index contributed by atoms with van der Waals surface area (Å²) in [6, 6.07) is 10.5. The quantitative estimate of drug-likeness (QED) is 0.471. The van der Waals surface area contributed by atoms with E-state index < -0.39 is 0 Å². The maximum absolute atomic E-state index is 5.64. The molecule has 1 atom stereocenters. The fourth-order valence-corrected chi connectivity index (χ4v) is 2.53. The first-order valence-corrected chi connectivity index (χ1v) is 7.62. The fraction of sp³-hybridized carbons (Fsp3) is 0.562. The first kappa shape index (κ1) is 15.6. The molecule has 1 saturated heterocycles. The van der Waals surface area contributed by atoms with Gasteiger partial charge < -0.3 is 20.3 Å². The standard InChI is InChI=1S/C16H26N4O/c1-17-16(19-13-14-7-6-11-20(14)2)18-10-12-21-15-8-4-3-5-9-15/h3-5,8-9,14H,6-7,10-13H2,1-2H3,(H2,17,18,19). The van der Waals surface area contributed by atoms with Crippen molar-refractivity contribution in [3.05, 3.63) is 30.3 Å². The molecule has 21 heavy (non-hydrogen) atoms. The second-order valence-electron chi connectivity index (χ2n) is 5.32. The van der Waals surface area contributed by atoms with E-state index in [0.29, 0.717) is 12.6 Å². The molecule has 2 rings (SSSR count). The number of aliphatic imine (C=N–C) groups is 1. The minimum Gasteiger partial charge on any atom is -0.492 e. The lowest BCUT2D eigenvalue weighted by molar-refractivity contribution is 0.308. The first-order valence-electron chi connectivity index (χ1n) is 7.62. The van der Waals surface area contributed by atoms with Crippen molar-refractivity contribution in [3.8, 4) is 5.75 Å². The Hall–Kier alpha value is -1.75. The van der Waals surface area contributed by atoms with Gasteiger partial charge in [-0.05, 0) is 38.6 Å². The Bertz CT molecular complexity index is 435. The first-order chi connectivity index (χ1) is 10.3. The van der Waals surface area contributed by atoms with Gasteiger partial charge in [-0.1, -0.05) is 18.2 Å². The van der Waals surface area contributed by atoms with Gasteiger partial charge in [0.05, 0.1) is 6.54 Å². The number of hydrogen-bond donors (Lipinski definition) is 2. The van der Waals surface area contributed by atoms with Gasteiger partial charge in [-0.25, -0.2) is 0 Å². The molecule has 1 aromatic carbocycles. The van der Waals surface area contributed by atoms with E-state index in [0.717, 1.165) is 24.8 Å². The van der Waals surface area contributed by atoms with Crippen LogP contribution in [0.2, 0.25) is 0 Å². The summed E-state index contributed by atoms with van der Waals surface area (Å²) in [5, 5.41) is 6.66. The molecule has 116 valence electrons. The molecule has 1 heterocycles. The van der Waals surface area contributed by atoms with Crippen LogP contribution in [0.5, 0.6) is 5.75 Å². The zero-order valence-corrected chi connectivity index (χ0v) is 13.0. The average molecular weight is 290 g/mol. The smallest absolute Gasteiger partial charge is 0.191 e. The summed E-state index contributed by atoms with van der Waals surface area (Å²) in [7, 11) is 3.98. The zero-order valence-electron chi connectivity index (χ0n) is 13.0. The summed E-state index contributed by atoms with van der Waals surface area (Å²) in [6.45, 7) is 3.49. The lowest BCUT2D eigenvalue weighted by Crippen LogP contribution is -2.44. The van der Waals surface area contributed by atoms with Crippen LogP contribution in [0.25, 0.3) is 0 Å². The number of hydrogen-bond acceptors (Lipinski definition) is 3. The maximum atomic E-state index is 5.64. The van der Waals surface area contributed by atoms with Gasteiger partial charge in [-0.15, -0.1) is 0 Å². The number of rotatable bonds is 6. The number of para-hydroxylation sites is 1. The molecule has 0 spiro atoms. The van der Waals surface area contributed by atoms with Crippen molar-refractivity contribution in [1.82, 2.24) is 15.5 Å². The van der Waals surface area contributed by atoms with Crippen molar-refractivity contribution in [2.24, 2.45) is 4.99 Å². The third-order valence-corrected chi connectivity index (χ3v) is 3.81. The van der Waals surface area contributed by atoms with Gasteiger partial charge in [-0.2, -0.15) is 0 Å². The second-order valence-corrected chi connectivity index (χ2v) is 5.32. The average Bonchev–Trinajstić information content (AvgIpc) is 2.93. The van der Waals surface area contributed by atoms with E-state index in [1.807, 2.05) is 30.3 Å². The van der Waals surface area contributed by atoms with Gasteiger partial charge in [0.2, 0.25) is 0 Å². The molecule has 1 fully saturated rings. The Morgan fingerprint density at radius 1 is 1.33 bits per heavy atom. The number of benzene rings is 1. The van der Waals surface area contributed by atoms with E-state index in [2.05, 4.69) is 27.6 Å². The minimum absolute atomic E-state index is 0.615. The topological polar surface area (TPSA) is 48.9 Å². The van der Waals surface area contributed by atoms with E-state index in [1.54, 1.807) is 7.05 Å². The monoisotopic (exact) mass is 290 g/mol. The molecule has 5 heteroatoms. The highest BCUT2D eigenvalue weighted by molar-refractivity contribution is 5.79. The molecule has 1 aromatic rings. The summed E-state index contributed by atoms with van der Waals surface area (Å²) in [6.07, 6.45) is 2.55. The maximum Gasteiger partial charge on any atom is 0.191 e. The summed E-state index contributed by atoms with van der Waals surface area (Å²) < 4.78 is 5.64. The summed E-state index contributed by atoms with van der Waals surface area (Å²) in [5.74, 6) is 1.74. The second kappa shape index (κ2) is 8.52. The normalized spacial score (nSPS) is 19.5. The molecule has 0 radical (unpaired) electrons. The molecular formula is C16H26N4O. The van der Waals surface area contributed by atoms with Gasteiger partial charge in [0.15, 0.2) is 5.96 Å². The summed E-state index contributed by atoms with van der Waals surface area (Å²) in [5.41, 5.74) is 0. The van der Waals surface area contributed by atoms with E-state index in [1.165, 1.54) is 19.4 Å². The number of nitrogens with one attached hydrogen (secondary N) is 2. The molecule has 1 aliphatic heterocycles. The van der Waals surface area contributed by atoms with Crippen LogP contribution in [-0.2, 0) is 0 Å². The highest BCUT2D eigenvalue weighted by atomic mass is 16.5. The number of likely N-dealkylation sites (tertiary alicyclic amines) is 1. The third kappa shape index (κ3) is 5.27. The van der Waals surface area contributed by atoms with Crippen LogP contribution < -0.4 is 15.4 Å². The van der Waals surface area contributed by atoms with Crippen LogP contribution in [-0.4, -0.2) is 57.2 Å². The van der Waals surface area contributed by atoms with E-state index in [4.69, 9.17) is 4.74 Å². The van der Waals surface area contributed by atoms with Crippen molar-refractivity contribution in [1.29, 1.82) is 0 Å². The third-order valence-electron chi connectivity index (χ3n) is 3.81. The summed E-state index contributed by atoms with van der Waals surface area (Å²) in [4.78, 5) is 6.64. The lowest BCUT2D eigenvalue weighted by atomic mass is 10.2. The minimum atomic E-state index is 0.615. The van der Waals surface area contributed by atoms with E-state index >= 15 is 0 Å². The molecule has 0 aromatic heterocycles. The Labute approximate surface area is 127 Å². The highest BCUT2D eigenvalue weighted by Crippen LogP contribution is 2.13. The van der Waals surface area contributed by atoms with Gasteiger partial charge in [-0.3, -0.25) is 4.99 Å². The van der Waals surface area contributed by atoms with Gasteiger partial charge in [0.1, 0.15) is 12.4 Å². The molecular weight excluding hydrogens is 264 g/mol.